The molecule has 2 heterocycles. The maximum atomic E-state index is 14.4. The Morgan fingerprint density at radius 2 is 1.50 bits per heavy atom. The summed E-state index contributed by atoms with van der Waals surface area (Å²) >= 11 is 0. The van der Waals surface area contributed by atoms with Gasteiger partial charge in [0.1, 0.15) is 25.6 Å². The number of rotatable bonds is 3. The Kier molecular flexibility index (Phi) is 4.37. The van der Waals surface area contributed by atoms with Gasteiger partial charge in [-0.2, -0.15) is 9.83 Å². The van der Waals surface area contributed by atoms with Crippen LogP contribution in [-0.2, 0) is 7.05 Å². The number of aromatic nitrogens is 1. The van der Waals surface area contributed by atoms with Crippen LogP contribution in [0.2, 0.25) is 0 Å². The van der Waals surface area contributed by atoms with E-state index < -0.39 is 18.0 Å². The quantitative estimate of drug-likeness (QED) is 0.247. The summed E-state index contributed by atoms with van der Waals surface area (Å²) in [6.45, 7) is 1.84. The van der Waals surface area contributed by atoms with Gasteiger partial charge in [-0.05, 0) is 41.3 Å². The van der Waals surface area contributed by atoms with Crippen molar-refractivity contribution in [3.05, 3.63) is 114 Å². The zero-order valence-electron chi connectivity index (χ0n) is 22.7. The first-order chi connectivity index (χ1) is 18.8. The van der Waals surface area contributed by atoms with E-state index in [1.165, 1.54) is 11.6 Å². The molecule has 0 N–H and O–H groups in total. The fourth-order valence-corrected chi connectivity index (χ4v) is 4.78. The van der Waals surface area contributed by atoms with Crippen molar-refractivity contribution >= 4 is 21.9 Å². The molecule has 0 saturated carbocycles. The van der Waals surface area contributed by atoms with Gasteiger partial charge in [-0.15, -0.1) is 0 Å². The maximum Gasteiger partial charge on any atom is 0.216 e. The molecule has 0 spiro atoms. The number of benzene rings is 4. The molecule has 0 aliphatic carbocycles. The van der Waals surface area contributed by atoms with Crippen molar-refractivity contribution in [2.75, 3.05) is 0 Å². The van der Waals surface area contributed by atoms with Crippen molar-refractivity contribution in [2.45, 2.75) is 6.92 Å². The normalized spacial score (nSPS) is 12.3. The van der Waals surface area contributed by atoms with E-state index in [-0.39, 0.29) is 11.7 Å². The minimum atomic E-state index is -1.05. The molecule has 36 heavy (non-hydrogen) atoms. The van der Waals surface area contributed by atoms with Crippen molar-refractivity contribution in [1.82, 2.24) is 0 Å². The summed E-state index contributed by atoms with van der Waals surface area (Å²) < 4.78 is 46.7. The van der Waals surface area contributed by atoms with Gasteiger partial charge in [0.05, 0.1) is 8.30 Å². The Bertz CT molecular complexity index is 1950. The number of hydrogen-bond acceptors (Lipinski definition) is 2. The SMILES string of the molecule is [2H]c1c([2H])c(-c2c(C)ccc3c2oc2c(C#N)c(-c4ccc(-c5ccccc5)cc4)ccc23)[n+](C)c([2H])c1F. The van der Waals surface area contributed by atoms with Crippen molar-refractivity contribution in [3.63, 3.8) is 0 Å². The largest absolute Gasteiger partial charge is 0.454 e. The molecular weight excluding hydrogens is 447 g/mol. The third-order valence-electron chi connectivity index (χ3n) is 6.56. The molecular formula is C32H22FN2O+. The molecule has 6 rings (SSSR count). The van der Waals surface area contributed by atoms with Crippen LogP contribution >= 0.6 is 0 Å². The van der Waals surface area contributed by atoms with E-state index >= 15 is 0 Å². The summed E-state index contributed by atoms with van der Waals surface area (Å²) in [6, 6.07) is 27.0. The molecule has 172 valence electrons. The first-order valence-corrected chi connectivity index (χ1v) is 11.5. The molecule has 4 aromatic carbocycles. The average Bonchev–Trinajstić information content (AvgIpc) is 3.35. The molecule has 0 atom stereocenters. The predicted molar refractivity (Wildman–Crippen MR) is 141 cm³/mol. The molecule has 0 bridgehead atoms. The highest BCUT2D eigenvalue weighted by Gasteiger charge is 2.23. The van der Waals surface area contributed by atoms with Crippen LogP contribution in [0.15, 0.2) is 102 Å². The lowest BCUT2D eigenvalue weighted by molar-refractivity contribution is -0.661. The summed E-state index contributed by atoms with van der Waals surface area (Å²) in [5, 5.41) is 11.7. The van der Waals surface area contributed by atoms with Gasteiger partial charge in [-0.3, -0.25) is 0 Å². The van der Waals surface area contributed by atoms with Crippen LogP contribution in [-0.4, -0.2) is 0 Å². The molecule has 0 aliphatic rings. The van der Waals surface area contributed by atoms with Crippen LogP contribution in [0.1, 0.15) is 15.2 Å². The van der Waals surface area contributed by atoms with Crippen molar-refractivity contribution in [3.8, 4) is 39.6 Å². The molecule has 0 amide bonds. The number of furan rings is 1. The second kappa shape index (κ2) is 8.48. The Hall–Kier alpha value is -4.75. The topological polar surface area (TPSA) is 40.8 Å². The second-order valence-electron chi connectivity index (χ2n) is 8.74. The molecule has 3 nitrogen and oxygen atoms in total. The monoisotopic (exact) mass is 472 g/mol. The van der Waals surface area contributed by atoms with Gasteiger partial charge in [0, 0.05) is 22.4 Å². The van der Waals surface area contributed by atoms with Gasteiger partial charge >= 0.3 is 0 Å². The molecule has 0 aliphatic heterocycles. The highest BCUT2D eigenvalue weighted by atomic mass is 19.1. The average molecular weight is 473 g/mol. The lowest BCUT2D eigenvalue weighted by Crippen LogP contribution is -2.31. The zero-order valence-corrected chi connectivity index (χ0v) is 19.7. The fourth-order valence-electron chi connectivity index (χ4n) is 4.78. The standard InChI is InChI=1S/C32H22FN2O/c1-20-8-14-27-26-16-15-25(23-11-9-22(10-12-23)21-6-4-3-5-7-21)28(18-34)31(26)36-32(27)30(20)29-17-13-24(33)19-35(29)2/h3-17,19H,1-2H3/q+1/i13D,17D,19D. The van der Waals surface area contributed by atoms with Gasteiger partial charge in [0.2, 0.25) is 11.9 Å². The van der Waals surface area contributed by atoms with E-state index in [4.69, 9.17) is 8.53 Å². The molecule has 0 radical (unpaired) electrons. The smallest absolute Gasteiger partial charge is 0.216 e. The number of fused-ring (bicyclic) bond motifs is 3. The lowest BCUT2D eigenvalue weighted by atomic mass is 9.95. The van der Waals surface area contributed by atoms with Crippen molar-refractivity contribution in [1.29, 1.82) is 5.26 Å². The van der Waals surface area contributed by atoms with Gasteiger partial charge in [0.15, 0.2) is 11.4 Å². The van der Waals surface area contributed by atoms with Crippen molar-refractivity contribution < 1.29 is 17.5 Å². The number of aryl methyl sites for hydroxylation is 1. The van der Waals surface area contributed by atoms with Crippen LogP contribution in [0.25, 0.3) is 55.4 Å². The highest BCUT2D eigenvalue weighted by molar-refractivity contribution is 6.12. The van der Waals surface area contributed by atoms with E-state index in [1.54, 1.807) is 0 Å². The number of hydrogen-bond donors (Lipinski definition) is 0. The third-order valence-corrected chi connectivity index (χ3v) is 6.56. The van der Waals surface area contributed by atoms with E-state index in [1.807, 2.05) is 85.8 Å². The molecule has 4 heteroatoms. The van der Waals surface area contributed by atoms with Gasteiger partial charge < -0.3 is 4.42 Å². The van der Waals surface area contributed by atoms with E-state index in [9.17, 15) is 9.65 Å². The van der Waals surface area contributed by atoms with Gasteiger partial charge in [0.25, 0.3) is 0 Å². The van der Waals surface area contributed by atoms with E-state index in [0.29, 0.717) is 22.3 Å². The lowest BCUT2D eigenvalue weighted by Gasteiger charge is -2.07. The number of halogens is 1. The Balaban J connectivity index is 1.58. The molecule has 2 aromatic heterocycles. The fraction of sp³-hybridized carbons (Fsp3) is 0.0625. The first kappa shape index (κ1) is 18.6. The van der Waals surface area contributed by atoms with Crippen LogP contribution in [0.5, 0.6) is 0 Å². The van der Waals surface area contributed by atoms with Crippen LogP contribution < -0.4 is 4.57 Å². The zero-order chi connectivity index (χ0) is 27.4. The summed E-state index contributed by atoms with van der Waals surface area (Å²) in [7, 11) is 1.50. The van der Waals surface area contributed by atoms with Crippen LogP contribution in [0, 0.1) is 24.1 Å². The predicted octanol–water partition coefficient (Wildman–Crippen LogP) is 7.73. The number of pyridine rings is 1. The third kappa shape index (κ3) is 3.45. The summed E-state index contributed by atoms with van der Waals surface area (Å²) in [5.74, 6) is -1.05. The summed E-state index contributed by atoms with van der Waals surface area (Å²) in [6.07, 6.45) is -0.488. The number of nitrogens with zero attached hydrogens (tertiary/aromatic N) is 2. The van der Waals surface area contributed by atoms with Crippen molar-refractivity contribution in [2.24, 2.45) is 7.05 Å². The van der Waals surface area contributed by atoms with E-state index in [2.05, 4.69) is 6.07 Å². The minimum absolute atomic E-state index is 0.212. The maximum absolute atomic E-state index is 14.4. The Labute approximate surface area is 212 Å². The van der Waals surface area contributed by atoms with Crippen LogP contribution in [0.4, 0.5) is 4.39 Å². The Morgan fingerprint density at radius 3 is 2.25 bits per heavy atom. The number of nitriles is 1. The minimum Gasteiger partial charge on any atom is -0.454 e. The highest BCUT2D eigenvalue weighted by Crippen LogP contribution is 2.40. The van der Waals surface area contributed by atoms with Gasteiger partial charge in [-0.25, -0.2) is 4.39 Å². The second-order valence-corrected chi connectivity index (χ2v) is 8.74. The molecule has 0 fully saturated rings. The molecule has 0 unspecified atom stereocenters. The summed E-state index contributed by atoms with van der Waals surface area (Å²) in [4.78, 5) is 0. The molecule has 6 aromatic rings. The Morgan fingerprint density at radius 1 is 0.833 bits per heavy atom. The van der Waals surface area contributed by atoms with Crippen LogP contribution in [0.3, 0.4) is 0 Å². The molecule has 0 saturated heterocycles. The van der Waals surface area contributed by atoms with E-state index in [0.717, 1.165) is 38.6 Å². The summed E-state index contributed by atoms with van der Waals surface area (Å²) in [5.41, 5.74) is 6.46. The van der Waals surface area contributed by atoms with Gasteiger partial charge in [-0.1, -0.05) is 72.8 Å². The first-order valence-electron chi connectivity index (χ1n) is 13.0.